The Morgan fingerprint density at radius 1 is 0.971 bits per heavy atom. The number of methoxy groups -OCH3 is 2. The molecule has 1 N–H and O–H groups in total. The SMILES string of the molecule is COc1cccc(OC)c1-n1c(NSC(C)C(C)c2cnc(C)cn2)nnc1-c1ccc(C)o1. The molecule has 34 heavy (non-hydrogen) atoms. The van der Waals surface area contributed by atoms with E-state index in [2.05, 4.69) is 38.7 Å². The number of nitrogens with one attached hydrogen (secondary N) is 1. The van der Waals surface area contributed by atoms with Crippen molar-refractivity contribution in [2.45, 2.75) is 38.9 Å². The zero-order valence-electron chi connectivity index (χ0n) is 20.1. The molecule has 0 fully saturated rings. The van der Waals surface area contributed by atoms with Crippen LogP contribution in [0.1, 0.15) is 36.9 Å². The molecule has 0 aliphatic heterocycles. The van der Waals surface area contributed by atoms with Gasteiger partial charge in [-0.05, 0) is 50.1 Å². The third kappa shape index (κ3) is 4.72. The van der Waals surface area contributed by atoms with Crippen LogP contribution in [0, 0.1) is 13.8 Å². The molecular weight excluding hydrogens is 452 g/mol. The van der Waals surface area contributed by atoms with Crippen molar-refractivity contribution in [3.05, 3.63) is 59.9 Å². The van der Waals surface area contributed by atoms with Crippen molar-refractivity contribution >= 4 is 17.9 Å². The van der Waals surface area contributed by atoms with Crippen LogP contribution in [0.2, 0.25) is 0 Å². The van der Waals surface area contributed by atoms with E-state index in [0.29, 0.717) is 34.7 Å². The van der Waals surface area contributed by atoms with Gasteiger partial charge in [-0.1, -0.05) is 19.9 Å². The van der Waals surface area contributed by atoms with Crippen LogP contribution in [0.4, 0.5) is 5.95 Å². The van der Waals surface area contributed by atoms with E-state index in [0.717, 1.165) is 17.1 Å². The lowest BCUT2D eigenvalue weighted by molar-refractivity contribution is 0.391. The highest BCUT2D eigenvalue weighted by molar-refractivity contribution is 8.01. The molecule has 0 radical (unpaired) electrons. The molecule has 0 aliphatic rings. The van der Waals surface area contributed by atoms with E-state index in [-0.39, 0.29) is 11.2 Å². The van der Waals surface area contributed by atoms with Gasteiger partial charge in [-0.25, -0.2) is 0 Å². The Morgan fingerprint density at radius 2 is 1.71 bits per heavy atom. The number of aryl methyl sites for hydroxylation is 2. The molecule has 3 aromatic heterocycles. The van der Waals surface area contributed by atoms with Crippen molar-refractivity contribution in [2.24, 2.45) is 0 Å². The second kappa shape index (κ2) is 10.2. The van der Waals surface area contributed by atoms with E-state index < -0.39 is 0 Å². The summed E-state index contributed by atoms with van der Waals surface area (Å²) >= 11 is 1.53. The van der Waals surface area contributed by atoms with Crippen molar-refractivity contribution in [1.82, 2.24) is 24.7 Å². The van der Waals surface area contributed by atoms with Crippen LogP contribution in [0.5, 0.6) is 11.5 Å². The summed E-state index contributed by atoms with van der Waals surface area (Å²) in [6.45, 7) is 8.08. The third-order valence-corrected chi connectivity index (χ3v) is 6.64. The average Bonchev–Trinajstić information content (AvgIpc) is 3.47. The number of hydrogen-bond acceptors (Lipinski definition) is 9. The Hall–Kier alpha value is -3.53. The Balaban J connectivity index is 1.70. The summed E-state index contributed by atoms with van der Waals surface area (Å²) in [6.07, 6.45) is 3.62. The lowest BCUT2D eigenvalue weighted by atomic mass is 10.1. The fourth-order valence-electron chi connectivity index (χ4n) is 3.45. The van der Waals surface area contributed by atoms with Gasteiger partial charge in [0, 0.05) is 23.6 Å². The molecule has 10 heteroatoms. The number of nitrogens with zero attached hydrogens (tertiary/aromatic N) is 5. The monoisotopic (exact) mass is 480 g/mol. The highest BCUT2D eigenvalue weighted by Crippen LogP contribution is 2.39. The number of rotatable bonds is 9. The van der Waals surface area contributed by atoms with Gasteiger partial charge in [0.2, 0.25) is 11.8 Å². The summed E-state index contributed by atoms with van der Waals surface area (Å²) in [5.41, 5.74) is 2.51. The minimum atomic E-state index is 0.162. The standard InChI is InChI=1S/C24H28N6O3S/c1-14-12-26-18(13-25-14)16(3)17(4)34-29-24-28-27-23(21-11-10-15(2)33-21)30(24)22-19(31-5)8-7-9-20(22)32-6/h7-13,16-17H,1-6H3,(H,28,29). The van der Waals surface area contributed by atoms with Gasteiger partial charge in [-0.2, -0.15) is 0 Å². The number of furan rings is 1. The van der Waals surface area contributed by atoms with Crippen molar-refractivity contribution in [2.75, 3.05) is 18.9 Å². The van der Waals surface area contributed by atoms with Gasteiger partial charge >= 0.3 is 0 Å². The predicted octanol–water partition coefficient (Wildman–Crippen LogP) is 5.20. The average molecular weight is 481 g/mol. The maximum atomic E-state index is 5.87. The summed E-state index contributed by atoms with van der Waals surface area (Å²) in [5.74, 6) is 3.82. The van der Waals surface area contributed by atoms with Crippen LogP contribution in [0.25, 0.3) is 17.3 Å². The topological polar surface area (TPSA) is 100 Å². The lowest BCUT2D eigenvalue weighted by Crippen LogP contribution is -2.14. The van der Waals surface area contributed by atoms with Gasteiger partial charge in [-0.15, -0.1) is 10.2 Å². The number of ether oxygens (including phenoxy) is 2. The number of aromatic nitrogens is 5. The highest BCUT2D eigenvalue weighted by Gasteiger charge is 2.25. The van der Waals surface area contributed by atoms with E-state index in [1.54, 1.807) is 20.4 Å². The van der Waals surface area contributed by atoms with Crippen LogP contribution >= 0.6 is 11.9 Å². The summed E-state index contributed by atoms with van der Waals surface area (Å²) in [4.78, 5) is 8.90. The minimum absolute atomic E-state index is 0.162. The summed E-state index contributed by atoms with van der Waals surface area (Å²) in [7, 11) is 3.24. The molecule has 2 unspecified atom stereocenters. The molecule has 0 saturated heterocycles. The van der Waals surface area contributed by atoms with Gasteiger partial charge < -0.3 is 13.9 Å². The number of hydrogen-bond donors (Lipinski definition) is 1. The fourth-order valence-corrected chi connectivity index (χ4v) is 4.22. The van der Waals surface area contributed by atoms with Crippen LogP contribution in [-0.4, -0.2) is 44.2 Å². The molecule has 1 aromatic carbocycles. The maximum absolute atomic E-state index is 5.87. The smallest absolute Gasteiger partial charge is 0.239 e. The van der Waals surface area contributed by atoms with Crippen molar-refractivity contribution in [3.8, 4) is 28.8 Å². The molecule has 4 aromatic rings. The Bertz CT molecular complexity index is 1230. The van der Waals surface area contributed by atoms with E-state index in [1.807, 2.05) is 54.9 Å². The van der Waals surface area contributed by atoms with Gasteiger partial charge in [-0.3, -0.25) is 19.3 Å². The molecule has 0 spiro atoms. The Kier molecular flexibility index (Phi) is 7.06. The normalized spacial score (nSPS) is 12.9. The first-order valence-corrected chi connectivity index (χ1v) is 11.7. The second-order valence-corrected chi connectivity index (χ2v) is 9.08. The first-order valence-electron chi connectivity index (χ1n) is 10.9. The van der Waals surface area contributed by atoms with Crippen LogP contribution in [0.3, 0.4) is 0 Å². The summed E-state index contributed by atoms with van der Waals surface area (Å²) < 4.78 is 22.4. The molecule has 0 bridgehead atoms. The van der Waals surface area contributed by atoms with E-state index in [9.17, 15) is 0 Å². The van der Waals surface area contributed by atoms with Gasteiger partial charge in [0.15, 0.2) is 5.76 Å². The number of anilines is 1. The number of benzene rings is 1. The van der Waals surface area contributed by atoms with E-state index in [1.165, 1.54) is 11.9 Å². The molecule has 3 heterocycles. The largest absolute Gasteiger partial charge is 0.494 e. The third-order valence-electron chi connectivity index (χ3n) is 5.56. The quantitative estimate of drug-likeness (QED) is 0.324. The summed E-state index contributed by atoms with van der Waals surface area (Å²) in [5, 5.41) is 9.02. The first kappa shape index (κ1) is 23.6. The first-order chi connectivity index (χ1) is 16.4. The van der Waals surface area contributed by atoms with Crippen molar-refractivity contribution in [3.63, 3.8) is 0 Å². The van der Waals surface area contributed by atoms with Crippen LogP contribution in [0.15, 0.2) is 47.1 Å². The van der Waals surface area contributed by atoms with Crippen LogP contribution < -0.4 is 14.2 Å². The predicted molar refractivity (Wildman–Crippen MR) is 133 cm³/mol. The fraction of sp³-hybridized carbons (Fsp3) is 0.333. The molecule has 0 saturated carbocycles. The molecule has 9 nitrogen and oxygen atoms in total. The molecule has 0 aliphatic carbocycles. The number of para-hydroxylation sites is 1. The molecule has 0 amide bonds. The zero-order valence-corrected chi connectivity index (χ0v) is 20.9. The maximum Gasteiger partial charge on any atom is 0.239 e. The van der Waals surface area contributed by atoms with Gasteiger partial charge in [0.05, 0.1) is 25.6 Å². The highest BCUT2D eigenvalue weighted by atomic mass is 32.2. The molecule has 2 atom stereocenters. The molecule has 178 valence electrons. The lowest BCUT2D eigenvalue weighted by Gasteiger charge is -2.20. The van der Waals surface area contributed by atoms with E-state index in [4.69, 9.17) is 13.9 Å². The van der Waals surface area contributed by atoms with E-state index >= 15 is 0 Å². The van der Waals surface area contributed by atoms with Crippen molar-refractivity contribution in [1.29, 1.82) is 0 Å². The minimum Gasteiger partial charge on any atom is -0.494 e. The summed E-state index contributed by atoms with van der Waals surface area (Å²) in [6, 6.07) is 9.37. The second-order valence-electron chi connectivity index (χ2n) is 7.90. The van der Waals surface area contributed by atoms with Gasteiger partial charge in [0.1, 0.15) is 22.9 Å². The van der Waals surface area contributed by atoms with Gasteiger partial charge in [0.25, 0.3) is 0 Å². The zero-order chi connectivity index (χ0) is 24.2. The van der Waals surface area contributed by atoms with Crippen LogP contribution in [-0.2, 0) is 0 Å². The molecule has 4 rings (SSSR count). The Labute approximate surface area is 203 Å². The van der Waals surface area contributed by atoms with Crippen molar-refractivity contribution < 1.29 is 13.9 Å². The molecular formula is C24H28N6O3S. The Morgan fingerprint density at radius 3 is 2.29 bits per heavy atom.